The zero-order valence-corrected chi connectivity index (χ0v) is 12.0. The molecule has 0 amide bonds. The lowest BCUT2D eigenvalue weighted by Gasteiger charge is -2.08. The van der Waals surface area contributed by atoms with Gasteiger partial charge in [0.05, 0.1) is 0 Å². The number of hydrogen-bond acceptors (Lipinski definition) is 2. The zero-order valence-electron chi connectivity index (χ0n) is 12.0. The number of para-hydroxylation sites is 1. The number of benzene rings is 2. The maximum absolute atomic E-state index is 5.90. The van der Waals surface area contributed by atoms with Gasteiger partial charge in [0.25, 0.3) is 0 Å². The predicted molar refractivity (Wildman–Crippen MR) is 82.0 cm³/mol. The maximum Gasteiger partial charge on any atom is 0.127 e. The molecule has 2 nitrogen and oxygen atoms in total. The van der Waals surface area contributed by atoms with E-state index in [1.165, 1.54) is 5.56 Å². The molecule has 0 saturated heterocycles. The van der Waals surface area contributed by atoms with Gasteiger partial charge in [-0.25, -0.2) is 0 Å². The van der Waals surface area contributed by atoms with Crippen molar-refractivity contribution in [3.8, 4) is 11.5 Å². The van der Waals surface area contributed by atoms with Crippen molar-refractivity contribution < 1.29 is 4.74 Å². The van der Waals surface area contributed by atoms with Crippen LogP contribution in [-0.4, -0.2) is 6.54 Å². The molecule has 0 unspecified atom stereocenters. The van der Waals surface area contributed by atoms with Gasteiger partial charge in [0, 0.05) is 0 Å². The minimum absolute atomic E-state index is 0.306. The van der Waals surface area contributed by atoms with Gasteiger partial charge in [0.1, 0.15) is 11.5 Å². The standard InChI is InChI=1S/C18H21NO/c1-18(2)16(12-19)17(18)13-7-6-10-15(11-13)20-14-8-4-3-5-9-14/h3-11,16-17H,12,19H2,1-2H3/t16-,17-/m0/s1. The smallest absolute Gasteiger partial charge is 0.127 e. The van der Waals surface area contributed by atoms with Crippen LogP contribution in [0, 0.1) is 11.3 Å². The molecule has 2 heteroatoms. The molecule has 0 bridgehead atoms. The summed E-state index contributed by atoms with van der Waals surface area (Å²) < 4.78 is 5.90. The Bertz CT molecular complexity index is 591. The fraction of sp³-hybridized carbons (Fsp3) is 0.333. The van der Waals surface area contributed by atoms with E-state index in [0.717, 1.165) is 18.0 Å². The average molecular weight is 267 g/mol. The molecule has 1 saturated carbocycles. The van der Waals surface area contributed by atoms with Crippen LogP contribution in [0.4, 0.5) is 0 Å². The van der Waals surface area contributed by atoms with Crippen LogP contribution in [0.5, 0.6) is 11.5 Å². The Hall–Kier alpha value is -1.80. The summed E-state index contributed by atoms with van der Waals surface area (Å²) in [7, 11) is 0. The van der Waals surface area contributed by atoms with E-state index in [9.17, 15) is 0 Å². The van der Waals surface area contributed by atoms with Crippen LogP contribution in [0.25, 0.3) is 0 Å². The summed E-state index contributed by atoms with van der Waals surface area (Å²) in [5, 5.41) is 0. The fourth-order valence-corrected chi connectivity index (χ4v) is 3.24. The highest BCUT2D eigenvalue weighted by molar-refractivity contribution is 5.39. The molecule has 0 aromatic heterocycles. The third-order valence-corrected chi connectivity index (χ3v) is 4.50. The molecular weight excluding hydrogens is 246 g/mol. The van der Waals surface area contributed by atoms with Crippen molar-refractivity contribution in [1.82, 2.24) is 0 Å². The predicted octanol–water partition coefficient (Wildman–Crippen LogP) is 4.18. The maximum atomic E-state index is 5.90. The Morgan fingerprint density at radius 1 is 1.00 bits per heavy atom. The molecule has 2 N–H and O–H groups in total. The molecule has 104 valence electrons. The van der Waals surface area contributed by atoms with E-state index in [1.54, 1.807) is 0 Å². The van der Waals surface area contributed by atoms with Crippen molar-refractivity contribution in [1.29, 1.82) is 0 Å². The zero-order chi connectivity index (χ0) is 14.2. The number of hydrogen-bond donors (Lipinski definition) is 1. The third-order valence-electron chi connectivity index (χ3n) is 4.50. The molecule has 0 spiro atoms. The van der Waals surface area contributed by atoms with Gasteiger partial charge < -0.3 is 10.5 Å². The lowest BCUT2D eigenvalue weighted by atomic mass is 10.0. The van der Waals surface area contributed by atoms with E-state index in [2.05, 4.69) is 32.0 Å². The minimum atomic E-state index is 0.306. The first-order chi connectivity index (χ1) is 9.63. The summed E-state index contributed by atoms with van der Waals surface area (Å²) in [4.78, 5) is 0. The van der Waals surface area contributed by atoms with Crippen LogP contribution in [0.15, 0.2) is 54.6 Å². The summed E-state index contributed by atoms with van der Waals surface area (Å²) >= 11 is 0. The molecule has 0 radical (unpaired) electrons. The monoisotopic (exact) mass is 267 g/mol. The third kappa shape index (κ3) is 2.32. The summed E-state index contributed by atoms with van der Waals surface area (Å²) in [6.07, 6.45) is 0. The van der Waals surface area contributed by atoms with E-state index in [-0.39, 0.29) is 0 Å². The normalized spacial score (nSPS) is 23.4. The van der Waals surface area contributed by atoms with Gasteiger partial charge in [-0.3, -0.25) is 0 Å². The fourth-order valence-electron chi connectivity index (χ4n) is 3.24. The SMILES string of the molecule is CC1(C)[C@@H](CN)[C@@H]1c1cccc(Oc2ccccc2)c1. The second kappa shape index (κ2) is 4.95. The largest absolute Gasteiger partial charge is 0.457 e. The van der Waals surface area contributed by atoms with E-state index in [1.807, 2.05) is 36.4 Å². The Kier molecular flexibility index (Phi) is 3.27. The minimum Gasteiger partial charge on any atom is -0.457 e. The Labute approximate surface area is 120 Å². The Morgan fingerprint density at radius 2 is 1.70 bits per heavy atom. The molecule has 0 aliphatic heterocycles. The van der Waals surface area contributed by atoms with Crippen molar-refractivity contribution in [2.75, 3.05) is 6.54 Å². The van der Waals surface area contributed by atoms with Crippen LogP contribution in [-0.2, 0) is 0 Å². The first-order valence-electron chi connectivity index (χ1n) is 7.16. The van der Waals surface area contributed by atoms with Gasteiger partial charge in [0.2, 0.25) is 0 Å². The topological polar surface area (TPSA) is 35.2 Å². The molecule has 1 aliphatic rings. The van der Waals surface area contributed by atoms with E-state index in [0.29, 0.717) is 17.3 Å². The molecule has 0 heterocycles. The second-order valence-corrected chi connectivity index (χ2v) is 6.13. The Balaban J connectivity index is 1.81. The molecular formula is C18H21NO. The first-order valence-corrected chi connectivity index (χ1v) is 7.16. The number of nitrogens with two attached hydrogens (primary N) is 1. The van der Waals surface area contributed by atoms with E-state index < -0.39 is 0 Å². The van der Waals surface area contributed by atoms with Gasteiger partial charge in [-0.15, -0.1) is 0 Å². The van der Waals surface area contributed by atoms with Gasteiger partial charge in [-0.05, 0) is 53.6 Å². The first kappa shape index (κ1) is 13.2. The number of rotatable bonds is 4. The number of ether oxygens (including phenoxy) is 1. The van der Waals surface area contributed by atoms with Crippen molar-refractivity contribution in [3.63, 3.8) is 0 Å². The summed E-state index contributed by atoms with van der Waals surface area (Å²) in [6, 6.07) is 18.3. The van der Waals surface area contributed by atoms with Crippen molar-refractivity contribution in [2.45, 2.75) is 19.8 Å². The van der Waals surface area contributed by atoms with E-state index >= 15 is 0 Å². The van der Waals surface area contributed by atoms with Crippen LogP contribution < -0.4 is 10.5 Å². The summed E-state index contributed by atoms with van der Waals surface area (Å²) in [5.41, 5.74) is 7.51. The molecule has 3 rings (SSSR count). The molecule has 1 fully saturated rings. The molecule has 1 aliphatic carbocycles. The molecule has 2 aromatic rings. The van der Waals surface area contributed by atoms with Crippen LogP contribution in [0.1, 0.15) is 25.3 Å². The molecule has 2 atom stereocenters. The highest BCUT2D eigenvalue weighted by Crippen LogP contribution is 2.64. The summed E-state index contributed by atoms with van der Waals surface area (Å²) in [6.45, 7) is 5.33. The van der Waals surface area contributed by atoms with Crippen molar-refractivity contribution >= 4 is 0 Å². The van der Waals surface area contributed by atoms with Crippen LogP contribution >= 0.6 is 0 Å². The molecule has 2 aromatic carbocycles. The highest BCUT2D eigenvalue weighted by Gasteiger charge is 2.57. The van der Waals surface area contributed by atoms with Gasteiger partial charge in [-0.1, -0.05) is 44.2 Å². The van der Waals surface area contributed by atoms with Crippen LogP contribution in [0.3, 0.4) is 0 Å². The second-order valence-electron chi connectivity index (χ2n) is 6.13. The van der Waals surface area contributed by atoms with Gasteiger partial charge in [-0.2, -0.15) is 0 Å². The molecule has 20 heavy (non-hydrogen) atoms. The average Bonchev–Trinajstić information content (AvgIpc) is 3.02. The van der Waals surface area contributed by atoms with Gasteiger partial charge >= 0.3 is 0 Å². The van der Waals surface area contributed by atoms with Crippen LogP contribution in [0.2, 0.25) is 0 Å². The highest BCUT2D eigenvalue weighted by atomic mass is 16.5. The van der Waals surface area contributed by atoms with Crippen molar-refractivity contribution in [3.05, 3.63) is 60.2 Å². The van der Waals surface area contributed by atoms with E-state index in [4.69, 9.17) is 10.5 Å². The van der Waals surface area contributed by atoms with Crippen molar-refractivity contribution in [2.24, 2.45) is 17.1 Å². The summed E-state index contributed by atoms with van der Waals surface area (Å²) in [5.74, 6) is 2.89. The van der Waals surface area contributed by atoms with Gasteiger partial charge in [0.15, 0.2) is 0 Å². The Morgan fingerprint density at radius 3 is 2.35 bits per heavy atom. The lowest BCUT2D eigenvalue weighted by Crippen LogP contribution is -2.05. The lowest BCUT2D eigenvalue weighted by molar-refractivity contribution is 0.481. The quantitative estimate of drug-likeness (QED) is 0.902.